The monoisotopic (exact) mass is 184 g/mol. The molecule has 0 aromatic carbocycles. The molecule has 0 bridgehead atoms. The Morgan fingerprint density at radius 1 is 1.21 bits per heavy atom. The second-order valence-electron chi connectivity index (χ2n) is 3.08. The molecule has 2 heteroatoms. The second-order valence-corrected chi connectivity index (χ2v) is 3.08. The first-order valence-corrected chi connectivity index (χ1v) is 4.61. The number of nitrogens with zero attached hydrogens (tertiary/aromatic N) is 1. The highest BCUT2D eigenvalue weighted by atomic mass is 14.7. The molecule has 1 N–H and O–H groups in total. The lowest BCUT2D eigenvalue weighted by molar-refractivity contribution is 1.33. The maximum atomic E-state index is 3.99. The molecule has 2 rings (SSSR count). The molecule has 70 valence electrons. The number of nitrogens with one attached hydrogen (secondary N) is 1. The van der Waals surface area contributed by atoms with E-state index in [1.54, 1.807) is 12.4 Å². The van der Waals surface area contributed by atoms with Crippen molar-refractivity contribution in [1.29, 1.82) is 0 Å². The fraction of sp³-hybridized carbons (Fsp3) is 0.0833. The molecule has 0 spiro atoms. The van der Waals surface area contributed by atoms with Gasteiger partial charge < -0.3 is 4.98 Å². The Balaban J connectivity index is 2.34. The molecule has 0 aliphatic heterocycles. The molecule has 0 unspecified atom stereocenters. The summed E-state index contributed by atoms with van der Waals surface area (Å²) < 4.78 is 0. The molecule has 0 atom stereocenters. The van der Waals surface area contributed by atoms with Gasteiger partial charge in [-0.3, -0.25) is 4.98 Å². The van der Waals surface area contributed by atoms with Crippen molar-refractivity contribution in [2.24, 2.45) is 0 Å². The predicted octanol–water partition coefficient (Wildman–Crippen LogP) is 3.11. The number of hydrogen-bond donors (Lipinski definition) is 1. The smallest absolute Gasteiger partial charge is 0.0383 e. The van der Waals surface area contributed by atoms with E-state index in [4.69, 9.17) is 0 Å². The van der Waals surface area contributed by atoms with E-state index in [0.717, 1.165) is 5.69 Å². The van der Waals surface area contributed by atoms with Gasteiger partial charge in [-0.2, -0.15) is 0 Å². The van der Waals surface area contributed by atoms with Crippen LogP contribution in [-0.4, -0.2) is 9.97 Å². The summed E-state index contributed by atoms with van der Waals surface area (Å²) in [6, 6.07) is 6.13. The molecule has 0 amide bonds. The van der Waals surface area contributed by atoms with Crippen LogP contribution >= 0.6 is 0 Å². The zero-order valence-electron chi connectivity index (χ0n) is 8.07. The Morgan fingerprint density at radius 3 is 2.71 bits per heavy atom. The van der Waals surface area contributed by atoms with Gasteiger partial charge in [0, 0.05) is 24.3 Å². The van der Waals surface area contributed by atoms with Crippen LogP contribution in [0.2, 0.25) is 0 Å². The standard InChI is InChI=1S/C12H12N2/c1-2-3-12-8-11(9-14-12)10-4-6-13-7-5-10/h2-9,14H,1H3/b3-2+. The van der Waals surface area contributed by atoms with E-state index in [2.05, 4.69) is 16.0 Å². The van der Waals surface area contributed by atoms with Gasteiger partial charge in [0.25, 0.3) is 0 Å². The number of pyridine rings is 1. The fourth-order valence-corrected chi connectivity index (χ4v) is 1.40. The lowest BCUT2D eigenvalue weighted by atomic mass is 10.1. The normalized spacial score (nSPS) is 10.9. The third-order valence-corrected chi connectivity index (χ3v) is 2.07. The van der Waals surface area contributed by atoms with Gasteiger partial charge in [-0.15, -0.1) is 0 Å². The van der Waals surface area contributed by atoms with Gasteiger partial charge in [-0.1, -0.05) is 6.08 Å². The van der Waals surface area contributed by atoms with Crippen LogP contribution in [0.25, 0.3) is 17.2 Å². The van der Waals surface area contributed by atoms with Gasteiger partial charge in [-0.25, -0.2) is 0 Å². The SMILES string of the molecule is C/C=C/c1cc(-c2ccncc2)c[nH]1. The summed E-state index contributed by atoms with van der Waals surface area (Å²) in [6.07, 6.45) is 9.67. The zero-order chi connectivity index (χ0) is 9.80. The van der Waals surface area contributed by atoms with Crippen LogP contribution in [0.3, 0.4) is 0 Å². The van der Waals surface area contributed by atoms with E-state index in [1.165, 1.54) is 11.1 Å². The zero-order valence-corrected chi connectivity index (χ0v) is 8.07. The highest BCUT2D eigenvalue weighted by Crippen LogP contribution is 2.19. The van der Waals surface area contributed by atoms with E-state index in [0.29, 0.717) is 0 Å². The number of rotatable bonds is 2. The molecule has 0 saturated carbocycles. The van der Waals surface area contributed by atoms with Crippen molar-refractivity contribution in [2.75, 3.05) is 0 Å². The molecular weight excluding hydrogens is 172 g/mol. The third-order valence-electron chi connectivity index (χ3n) is 2.07. The summed E-state index contributed by atoms with van der Waals surface area (Å²) in [5, 5.41) is 0. The number of allylic oxidation sites excluding steroid dienone is 1. The number of aromatic amines is 1. The summed E-state index contributed by atoms with van der Waals surface area (Å²) >= 11 is 0. The van der Waals surface area contributed by atoms with Crippen LogP contribution in [0.15, 0.2) is 42.9 Å². The second kappa shape index (κ2) is 3.92. The van der Waals surface area contributed by atoms with Crippen LogP contribution in [0, 0.1) is 0 Å². The summed E-state index contributed by atoms with van der Waals surface area (Å²) in [5.41, 5.74) is 3.51. The average Bonchev–Trinajstić information content (AvgIpc) is 2.68. The summed E-state index contributed by atoms with van der Waals surface area (Å²) in [6.45, 7) is 2.01. The van der Waals surface area contributed by atoms with Gasteiger partial charge in [0.2, 0.25) is 0 Å². The molecule has 2 nitrogen and oxygen atoms in total. The maximum absolute atomic E-state index is 3.99. The van der Waals surface area contributed by atoms with Crippen LogP contribution < -0.4 is 0 Å². The largest absolute Gasteiger partial charge is 0.361 e. The number of H-pyrrole nitrogens is 1. The quantitative estimate of drug-likeness (QED) is 0.763. The van der Waals surface area contributed by atoms with E-state index in [1.807, 2.05) is 37.4 Å². The molecule has 0 fully saturated rings. The molecule has 0 aliphatic rings. The Bertz CT molecular complexity index is 427. The summed E-state index contributed by atoms with van der Waals surface area (Å²) in [4.78, 5) is 7.19. The van der Waals surface area contributed by atoms with Crippen molar-refractivity contribution in [1.82, 2.24) is 9.97 Å². The lowest BCUT2D eigenvalue weighted by Gasteiger charge is -1.93. The Hall–Kier alpha value is -1.83. The topological polar surface area (TPSA) is 28.7 Å². The van der Waals surface area contributed by atoms with Crippen LogP contribution in [0.4, 0.5) is 0 Å². The molecular formula is C12H12N2. The summed E-state index contributed by atoms with van der Waals surface area (Å²) in [7, 11) is 0. The summed E-state index contributed by atoms with van der Waals surface area (Å²) in [5.74, 6) is 0. The van der Waals surface area contributed by atoms with Crippen LogP contribution in [0.5, 0.6) is 0 Å². The highest BCUT2D eigenvalue weighted by molar-refractivity contribution is 5.65. The third kappa shape index (κ3) is 1.74. The van der Waals surface area contributed by atoms with Crippen molar-refractivity contribution in [3.05, 3.63) is 48.6 Å². The molecule has 14 heavy (non-hydrogen) atoms. The molecule has 2 heterocycles. The molecule has 2 aromatic rings. The minimum absolute atomic E-state index is 1.12. The Morgan fingerprint density at radius 2 is 2.00 bits per heavy atom. The van der Waals surface area contributed by atoms with Crippen molar-refractivity contribution < 1.29 is 0 Å². The predicted molar refractivity (Wildman–Crippen MR) is 58.7 cm³/mol. The Kier molecular flexibility index (Phi) is 2.45. The van der Waals surface area contributed by atoms with Gasteiger partial charge in [0.05, 0.1) is 0 Å². The average molecular weight is 184 g/mol. The maximum Gasteiger partial charge on any atom is 0.0383 e. The van der Waals surface area contributed by atoms with Crippen LogP contribution in [0.1, 0.15) is 12.6 Å². The van der Waals surface area contributed by atoms with E-state index in [9.17, 15) is 0 Å². The van der Waals surface area contributed by atoms with Crippen molar-refractivity contribution >= 4 is 6.08 Å². The minimum Gasteiger partial charge on any atom is -0.361 e. The lowest BCUT2D eigenvalue weighted by Crippen LogP contribution is -1.73. The number of aromatic nitrogens is 2. The highest BCUT2D eigenvalue weighted by Gasteiger charge is 1.98. The fourth-order valence-electron chi connectivity index (χ4n) is 1.40. The molecule has 0 radical (unpaired) electrons. The molecule has 0 aliphatic carbocycles. The first-order valence-electron chi connectivity index (χ1n) is 4.61. The van der Waals surface area contributed by atoms with E-state index in [-0.39, 0.29) is 0 Å². The van der Waals surface area contributed by atoms with Gasteiger partial charge in [0.1, 0.15) is 0 Å². The minimum atomic E-state index is 1.12. The van der Waals surface area contributed by atoms with Crippen molar-refractivity contribution in [2.45, 2.75) is 6.92 Å². The van der Waals surface area contributed by atoms with Gasteiger partial charge in [-0.05, 0) is 42.3 Å². The van der Waals surface area contributed by atoms with Crippen LogP contribution in [-0.2, 0) is 0 Å². The van der Waals surface area contributed by atoms with Gasteiger partial charge >= 0.3 is 0 Å². The van der Waals surface area contributed by atoms with Crippen molar-refractivity contribution in [3.63, 3.8) is 0 Å². The molecule has 2 aromatic heterocycles. The Labute approximate surface area is 83.3 Å². The first kappa shape index (κ1) is 8.75. The van der Waals surface area contributed by atoms with E-state index >= 15 is 0 Å². The first-order chi connectivity index (χ1) is 6.90. The van der Waals surface area contributed by atoms with E-state index < -0.39 is 0 Å². The van der Waals surface area contributed by atoms with Crippen molar-refractivity contribution in [3.8, 4) is 11.1 Å². The molecule has 0 saturated heterocycles. The van der Waals surface area contributed by atoms with Gasteiger partial charge in [0.15, 0.2) is 0 Å². The number of hydrogen-bond acceptors (Lipinski definition) is 1.